The predicted octanol–water partition coefficient (Wildman–Crippen LogP) is 5.01. The Morgan fingerprint density at radius 3 is 1.61 bits per heavy atom. The number of ether oxygens (including phenoxy) is 2. The van der Waals surface area contributed by atoms with Crippen LogP contribution in [0, 0.1) is 0 Å². The first-order valence-electron chi connectivity index (χ1n) is 9.39. The van der Waals surface area contributed by atoms with Gasteiger partial charge in [-0.25, -0.2) is 9.59 Å². The van der Waals surface area contributed by atoms with Crippen LogP contribution in [0.5, 0.6) is 0 Å². The van der Waals surface area contributed by atoms with Crippen molar-refractivity contribution in [2.75, 3.05) is 13.7 Å². The molecule has 9 heteroatoms. The van der Waals surface area contributed by atoms with Crippen molar-refractivity contribution in [3.63, 3.8) is 0 Å². The van der Waals surface area contributed by atoms with Gasteiger partial charge >= 0.3 is 20.5 Å². The molecule has 0 spiro atoms. The molecule has 0 N–H and O–H groups in total. The van der Waals surface area contributed by atoms with Gasteiger partial charge in [0.15, 0.2) is 16.6 Å². The van der Waals surface area contributed by atoms with Gasteiger partial charge in [0.25, 0.3) is 0 Å². The van der Waals surface area contributed by atoms with Crippen LogP contribution in [0.25, 0.3) is 0 Å². The second-order valence-corrected chi connectivity index (χ2v) is 21.4. The minimum Gasteiger partial charge on any atom is -0.466 e. The van der Waals surface area contributed by atoms with Crippen LogP contribution in [0.15, 0.2) is 24.3 Å². The van der Waals surface area contributed by atoms with Crippen molar-refractivity contribution < 1.29 is 27.3 Å². The van der Waals surface area contributed by atoms with Gasteiger partial charge in [-0.15, -0.1) is 0 Å². The fraction of sp³-hybridized carbons (Fsp3) is 0.684. The zero-order valence-corrected chi connectivity index (χ0v) is 22.5. The maximum absolute atomic E-state index is 11.3. The molecule has 0 unspecified atom stereocenters. The lowest BCUT2D eigenvalue weighted by Crippen LogP contribution is -2.51. The SMILES string of the molecule is C=C(C)C(=O)OC.C=C(C)C(=O)OCCC[Si](C)(C)O[Si](C)(C)O[Si](C)(C)C. The van der Waals surface area contributed by atoms with E-state index in [2.05, 4.69) is 63.7 Å². The number of carbonyl (C=O) groups excluding carboxylic acids is 2. The smallest absolute Gasteiger partial charge is 0.333 e. The minimum atomic E-state index is -2.07. The minimum absolute atomic E-state index is 0.313. The first-order chi connectivity index (χ1) is 12.4. The fourth-order valence-electron chi connectivity index (χ4n) is 2.43. The summed E-state index contributed by atoms with van der Waals surface area (Å²) in [7, 11) is -4.11. The van der Waals surface area contributed by atoms with Gasteiger partial charge in [-0.3, -0.25) is 0 Å². The Hall–Kier alpha value is -1.01. The summed E-state index contributed by atoms with van der Waals surface area (Å²) in [5.74, 6) is -0.660. The van der Waals surface area contributed by atoms with Crippen LogP contribution in [0.1, 0.15) is 20.3 Å². The molecule has 0 atom stereocenters. The summed E-state index contributed by atoms with van der Waals surface area (Å²) in [6, 6.07) is 0.960. The van der Waals surface area contributed by atoms with E-state index >= 15 is 0 Å². The van der Waals surface area contributed by atoms with Crippen molar-refractivity contribution in [2.24, 2.45) is 0 Å². The van der Waals surface area contributed by atoms with Gasteiger partial charge < -0.3 is 17.7 Å². The number of hydrogen-bond donors (Lipinski definition) is 0. The van der Waals surface area contributed by atoms with E-state index in [9.17, 15) is 9.59 Å². The molecule has 0 saturated heterocycles. The number of esters is 2. The van der Waals surface area contributed by atoms with Crippen molar-refractivity contribution in [1.82, 2.24) is 0 Å². The van der Waals surface area contributed by atoms with E-state index in [4.69, 9.17) is 13.0 Å². The fourth-order valence-corrected chi connectivity index (χ4v) is 15.6. The maximum atomic E-state index is 11.3. The zero-order chi connectivity index (χ0) is 22.8. The Morgan fingerprint density at radius 1 is 0.821 bits per heavy atom. The Kier molecular flexibility index (Phi) is 13.1. The quantitative estimate of drug-likeness (QED) is 0.202. The van der Waals surface area contributed by atoms with Crippen LogP contribution in [-0.2, 0) is 27.3 Å². The van der Waals surface area contributed by atoms with E-state index in [1.165, 1.54) is 7.11 Å². The van der Waals surface area contributed by atoms with Crippen LogP contribution in [0.4, 0.5) is 0 Å². The van der Waals surface area contributed by atoms with E-state index in [0.717, 1.165) is 12.5 Å². The number of hydrogen-bond acceptors (Lipinski definition) is 6. The van der Waals surface area contributed by atoms with Crippen LogP contribution in [0.2, 0.25) is 51.9 Å². The Morgan fingerprint density at radius 2 is 1.29 bits per heavy atom. The standard InChI is InChI=1S/C14H32O4Si3.C5H8O2/c1-13(2)14(15)16-11-10-12-20(6,7)18-21(8,9)17-19(3,4)5;1-4(2)5(6)7-3/h1,10-12H2,2-9H3;1H2,2-3H3. The number of carbonyl (C=O) groups is 2. The summed E-state index contributed by atoms with van der Waals surface area (Å²) < 4.78 is 22.0. The molecule has 0 heterocycles. The highest BCUT2D eigenvalue weighted by atomic mass is 28.5. The van der Waals surface area contributed by atoms with Gasteiger partial charge in [-0.05, 0) is 72.1 Å². The third kappa shape index (κ3) is 17.1. The topological polar surface area (TPSA) is 71.1 Å². The highest BCUT2D eigenvalue weighted by Gasteiger charge is 2.37. The van der Waals surface area contributed by atoms with Crippen molar-refractivity contribution in [3.8, 4) is 0 Å². The van der Waals surface area contributed by atoms with Crippen molar-refractivity contribution in [2.45, 2.75) is 72.1 Å². The first kappa shape index (κ1) is 29.2. The number of methoxy groups -OCH3 is 1. The molecule has 0 bridgehead atoms. The van der Waals surface area contributed by atoms with Gasteiger partial charge in [0, 0.05) is 11.1 Å². The molecule has 0 saturated carbocycles. The summed E-state index contributed by atoms with van der Waals surface area (Å²) in [6.45, 7) is 25.8. The van der Waals surface area contributed by atoms with Crippen molar-refractivity contribution >= 4 is 37.1 Å². The van der Waals surface area contributed by atoms with Crippen LogP contribution in [-0.4, -0.2) is 50.9 Å². The molecular weight excluding hydrogens is 408 g/mol. The van der Waals surface area contributed by atoms with Crippen LogP contribution >= 0.6 is 0 Å². The molecule has 0 fully saturated rings. The maximum Gasteiger partial charge on any atom is 0.333 e. The molecule has 0 amide bonds. The lowest BCUT2D eigenvalue weighted by molar-refractivity contribution is -0.139. The third-order valence-corrected chi connectivity index (χ3v) is 13.3. The summed E-state index contributed by atoms with van der Waals surface area (Å²) in [6.07, 6.45) is 0.829. The van der Waals surface area contributed by atoms with E-state index in [0.29, 0.717) is 17.8 Å². The first-order valence-corrected chi connectivity index (χ1v) is 18.7. The predicted molar refractivity (Wildman–Crippen MR) is 123 cm³/mol. The van der Waals surface area contributed by atoms with Crippen molar-refractivity contribution in [3.05, 3.63) is 24.3 Å². The lowest BCUT2D eigenvalue weighted by Gasteiger charge is -2.37. The molecule has 0 aromatic carbocycles. The average molecular weight is 449 g/mol. The van der Waals surface area contributed by atoms with Crippen molar-refractivity contribution in [1.29, 1.82) is 0 Å². The molecule has 0 rings (SSSR count). The largest absolute Gasteiger partial charge is 0.466 e. The third-order valence-electron chi connectivity index (χ3n) is 3.11. The van der Waals surface area contributed by atoms with Crippen LogP contribution < -0.4 is 0 Å². The Balaban J connectivity index is 0. The summed E-state index contributed by atoms with van der Waals surface area (Å²) in [4.78, 5) is 21.5. The monoisotopic (exact) mass is 448 g/mol. The second kappa shape index (κ2) is 12.5. The average Bonchev–Trinajstić information content (AvgIpc) is 2.47. The normalized spacial score (nSPS) is 11.8. The molecular formula is C19H40O6Si3. The summed E-state index contributed by atoms with van der Waals surface area (Å²) in [5, 5.41) is 0. The Labute approximate surface area is 174 Å². The molecule has 28 heavy (non-hydrogen) atoms. The molecule has 0 aliphatic rings. The van der Waals surface area contributed by atoms with Gasteiger partial charge in [0.2, 0.25) is 0 Å². The van der Waals surface area contributed by atoms with Gasteiger partial charge in [0.1, 0.15) is 0 Å². The molecule has 164 valence electrons. The van der Waals surface area contributed by atoms with E-state index in [1.807, 2.05) is 0 Å². The van der Waals surface area contributed by atoms with E-state index < -0.39 is 25.2 Å². The van der Waals surface area contributed by atoms with Gasteiger partial charge in [0.05, 0.1) is 13.7 Å². The number of rotatable bonds is 10. The second-order valence-electron chi connectivity index (χ2n) is 8.77. The highest BCUT2D eigenvalue weighted by Crippen LogP contribution is 2.23. The summed E-state index contributed by atoms with van der Waals surface area (Å²) in [5.41, 5.74) is 0.877. The molecule has 6 nitrogen and oxygen atoms in total. The molecule has 0 radical (unpaired) electrons. The summed E-state index contributed by atoms with van der Waals surface area (Å²) >= 11 is 0. The van der Waals surface area contributed by atoms with Crippen LogP contribution in [0.3, 0.4) is 0 Å². The Bertz CT molecular complexity index is 550. The van der Waals surface area contributed by atoms with Gasteiger partial charge in [-0.2, -0.15) is 0 Å². The molecule has 0 aliphatic heterocycles. The van der Waals surface area contributed by atoms with E-state index in [1.54, 1.807) is 13.8 Å². The van der Waals surface area contributed by atoms with Gasteiger partial charge in [-0.1, -0.05) is 13.2 Å². The zero-order valence-electron chi connectivity index (χ0n) is 19.5. The molecule has 0 aromatic rings. The molecule has 0 aliphatic carbocycles. The highest BCUT2D eigenvalue weighted by molar-refractivity contribution is 6.87. The lowest BCUT2D eigenvalue weighted by atomic mass is 10.4. The molecule has 0 aromatic heterocycles. The van der Waals surface area contributed by atoms with E-state index in [-0.39, 0.29) is 11.9 Å².